The fourth-order valence-electron chi connectivity index (χ4n) is 3.42. The minimum Gasteiger partial charge on any atom is -0.462 e. The fourth-order valence-corrected chi connectivity index (χ4v) is 3.42. The molecule has 2 aromatic rings. The van der Waals surface area contributed by atoms with Crippen molar-refractivity contribution < 1.29 is 22.8 Å². The maximum atomic E-state index is 12.6. The van der Waals surface area contributed by atoms with Crippen molar-refractivity contribution in [3.8, 4) is 11.4 Å². The summed E-state index contributed by atoms with van der Waals surface area (Å²) in [7, 11) is 0. The maximum absolute atomic E-state index is 12.6. The highest BCUT2D eigenvalue weighted by molar-refractivity contribution is 5.71. The molecule has 0 unspecified atom stereocenters. The van der Waals surface area contributed by atoms with Gasteiger partial charge in [0.05, 0.1) is 6.42 Å². The molecule has 1 aromatic heterocycles. The van der Waals surface area contributed by atoms with Gasteiger partial charge in [-0.05, 0) is 55.2 Å². The number of nitrogens with zero attached hydrogens (tertiary/aromatic N) is 2. The van der Waals surface area contributed by atoms with Crippen LogP contribution in [0.3, 0.4) is 0 Å². The van der Waals surface area contributed by atoms with Gasteiger partial charge < -0.3 is 9.26 Å². The predicted molar refractivity (Wildman–Crippen MR) is 84.1 cm³/mol. The summed E-state index contributed by atoms with van der Waals surface area (Å²) in [6.07, 6.45) is 2.53. The van der Waals surface area contributed by atoms with E-state index in [1.54, 1.807) is 6.07 Å². The van der Waals surface area contributed by atoms with Crippen molar-refractivity contribution in [3.05, 3.63) is 35.2 Å². The highest BCUT2D eigenvalue weighted by Crippen LogP contribution is 2.38. The molecule has 0 radical (unpaired) electrons. The Morgan fingerprint density at radius 3 is 2.84 bits per heavy atom. The Labute approximate surface area is 143 Å². The molecule has 5 nitrogen and oxygen atoms in total. The molecule has 1 saturated carbocycles. The number of hydrogen-bond acceptors (Lipinski definition) is 5. The number of hydrogen-bond donors (Lipinski definition) is 0. The van der Waals surface area contributed by atoms with Gasteiger partial charge in [0, 0.05) is 5.56 Å². The Morgan fingerprint density at radius 1 is 1.32 bits per heavy atom. The minimum absolute atomic E-state index is 0.109. The number of benzene rings is 1. The number of aromatic nitrogens is 2. The van der Waals surface area contributed by atoms with E-state index in [0.717, 1.165) is 43.2 Å². The molecule has 2 aliphatic carbocycles. The van der Waals surface area contributed by atoms with Crippen LogP contribution in [0.25, 0.3) is 11.4 Å². The van der Waals surface area contributed by atoms with E-state index in [-0.39, 0.29) is 23.8 Å². The van der Waals surface area contributed by atoms with E-state index >= 15 is 0 Å². The SMILES string of the molecule is O=C(C[C@@H]1CCc2cc(-c3noc(C(F)F)n3)ccc21)OC1CCC1. The Hall–Kier alpha value is -2.31. The molecule has 1 aromatic carbocycles. The van der Waals surface area contributed by atoms with Crippen LogP contribution in [-0.4, -0.2) is 22.2 Å². The summed E-state index contributed by atoms with van der Waals surface area (Å²) in [5, 5.41) is 3.61. The number of carbonyl (C=O) groups is 1. The summed E-state index contributed by atoms with van der Waals surface area (Å²) in [5.41, 5.74) is 2.86. The first-order valence-corrected chi connectivity index (χ1v) is 8.54. The van der Waals surface area contributed by atoms with Crippen LogP contribution in [0.1, 0.15) is 61.5 Å². The van der Waals surface area contributed by atoms with Gasteiger partial charge in [0.25, 0.3) is 5.89 Å². The van der Waals surface area contributed by atoms with Crippen LogP contribution in [-0.2, 0) is 16.0 Å². The average Bonchev–Trinajstić information content (AvgIpc) is 3.18. The molecule has 1 atom stereocenters. The lowest BCUT2D eigenvalue weighted by molar-refractivity contribution is -0.153. The zero-order chi connectivity index (χ0) is 17.4. The molecule has 0 bridgehead atoms. The lowest BCUT2D eigenvalue weighted by atomic mass is 9.95. The Balaban J connectivity index is 1.46. The van der Waals surface area contributed by atoms with E-state index < -0.39 is 12.3 Å². The summed E-state index contributed by atoms with van der Waals surface area (Å²) in [5.74, 6) is -0.497. The van der Waals surface area contributed by atoms with Crippen molar-refractivity contribution in [2.24, 2.45) is 0 Å². The molecule has 0 saturated heterocycles. The number of carbonyl (C=O) groups excluding carboxylic acids is 1. The van der Waals surface area contributed by atoms with Gasteiger partial charge in [-0.25, -0.2) is 0 Å². The van der Waals surface area contributed by atoms with Crippen LogP contribution < -0.4 is 0 Å². The topological polar surface area (TPSA) is 65.2 Å². The number of rotatable bonds is 5. The molecule has 25 heavy (non-hydrogen) atoms. The van der Waals surface area contributed by atoms with Gasteiger partial charge in [-0.1, -0.05) is 17.3 Å². The van der Waals surface area contributed by atoms with Crippen LogP contribution in [0, 0.1) is 0 Å². The third kappa shape index (κ3) is 3.27. The molecule has 132 valence electrons. The lowest BCUT2D eigenvalue weighted by Crippen LogP contribution is -2.25. The fraction of sp³-hybridized carbons (Fsp3) is 0.500. The minimum atomic E-state index is -2.78. The zero-order valence-electron chi connectivity index (χ0n) is 13.6. The molecule has 4 rings (SSSR count). The summed E-state index contributed by atoms with van der Waals surface area (Å²) < 4.78 is 35.1. The number of halogens is 2. The first kappa shape index (κ1) is 16.2. The number of alkyl halides is 2. The van der Waals surface area contributed by atoms with E-state index in [2.05, 4.69) is 14.7 Å². The quantitative estimate of drug-likeness (QED) is 0.758. The highest BCUT2D eigenvalue weighted by Gasteiger charge is 2.28. The molecular formula is C18H18F2N2O3. The molecule has 0 spiro atoms. The third-order valence-electron chi connectivity index (χ3n) is 4.99. The van der Waals surface area contributed by atoms with E-state index in [9.17, 15) is 13.6 Å². The predicted octanol–water partition coefficient (Wildman–Crippen LogP) is 4.19. The number of ether oxygens (including phenoxy) is 1. The van der Waals surface area contributed by atoms with Crippen LogP contribution >= 0.6 is 0 Å². The van der Waals surface area contributed by atoms with Gasteiger partial charge in [0.2, 0.25) is 5.82 Å². The van der Waals surface area contributed by atoms with Crippen LogP contribution in [0.5, 0.6) is 0 Å². The van der Waals surface area contributed by atoms with E-state index in [1.807, 2.05) is 12.1 Å². The largest absolute Gasteiger partial charge is 0.462 e. The summed E-state index contributed by atoms with van der Waals surface area (Å²) in [6, 6.07) is 5.61. The van der Waals surface area contributed by atoms with E-state index in [1.165, 1.54) is 0 Å². The molecule has 1 fully saturated rings. The highest BCUT2D eigenvalue weighted by atomic mass is 19.3. The number of esters is 1. The summed E-state index contributed by atoms with van der Waals surface area (Å²) in [4.78, 5) is 15.8. The molecule has 2 aliphatic rings. The van der Waals surface area contributed by atoms with Crippen molar-refractivity contribution in [1.29, 1.82) is 0 Å². The Kier molecular flexibility index (Phi) is 4.23. The maximum Gasteiger partial charge on any atom is 0.315 e. The number of fused-ring (bicyclic) bond motifs is 1. The standard InChI is InChI=1S/C18H18F2N2O3/c19-16(20)18-21-17(22-25-18)12-6-7-14-10(8-12)4-5-11(14)9-15(23)24-13-2-1-3-13/h6-8,11,13,16H,1-5,9H2/t11-/m0/s1. The molecule has 7 heteroatoms. The smallest absolute Gasteiger partial charge is 0.315 e. The average molecular weight is 348 g/mol. The van der Waals surface area contributed by atoms with Crippen molar-refractivity contribution in [3.63, 3.8) is 0 Å². The van der Waals surface area contributed by atoms with Gasteiger partial charge in [0.15, 0.2) is 0 Å². The van der Waals surface area contributed by atoms with Crippen molar-refractivity contribution in [2.75, 3.05) is 0 Å². The first-order valence-electron chi connectivity index (χ1n) is 8.54. The van der Waals surface area contributed by atoms with Gasteiger partial charge in [-0.2, -0.15) is 13.8 Å². The Morgan fingerprint density at radius 2 is 2.16 bits per heavy atom. The zero-order valence-corrected chi connectivity index (χ0v) is 13.6. The summed E-state index contributed by atoms with van der Waals surface area (Å²) in [6.45, 7) is 0. The van der Waals surface area contributed by atoms with Gasteiger partial charge in [-0.3, -0.25) is 4.79 Å². The third-order valence-corrected chi connectivity index (χ3v) is 4.99. The van der Waals surface area contributed by atoms with Crippen LogP contribution in [0.4, 0.5) is 8.78 Å². The molecule has 1 heterocycles. The molecule has 0 N–H and O–H groups in total. The van der Waals surface area contributed by atoms with Crippen LogP contribution in [0.2, 0.25) is 0 Å². The molecule has 0 amide bonds. The lowest BCUT2D eigenvalue weighted by Gasteiger charge is -2.25. The van der Waals surface area contributed by atoms with E-state index in [0.29, 0.717) is 12.0 Å². The van der Waals surface area contributed by atoms with Crippen molar-refractivity contribution in [2.45, 2.75) is 57.0 Å². The van der Waals surface area contributed by atoms with Gasteiger partial charge >= 0.3 is 12.4 Å². The van der Waals surface area contributed by atoms with Gasteiger partial charge in [0.1, 0.15) is 6.10 Å². The second-order valence-corrected chi connectivity index (χ2v) is 6.65. The first-order chi connectivity index (χ1) is 12.1. The van der Waals surface area contributed by atoms with Crippen molar-refractivity contribution >= 4 is 5.97 Å². The van der Waals surface area contributed by atoms with Crippen molar-refractivity contribution in [1.82, 2.24) is 10.1 Å². The molecule has 0 aliphatic heterocycles. The molecular weight excluding hydrogens is 330 g/mol. The Bertz CT molecular complexity index is 786. The van der Waals surface area contributed by atoms with E-state index in [4.69, 9.17) is 4.74 Å². The van der Waals surface area contributed by atoms with Crippen LogP contribution in [0.15, 0.2) is 22.7 Å². The second-order valence-electron chi connectivity index (χ2n) is 6.65. The number of aryl methyl sites for hydroxylation is 1. The summed E-state index contributed by atoms with van der Waals surface area (Å²) >= 11 is 0. The van der Waals surface area contributed by atoms with Gasteiger partial charge in [-0.15, -0.1) is 0 Å². The normalized spacial score (nSPS) is 19.7. The second kappa shape index (κ2) is 6.54. The monoisotopic (exact) mass is 348 g/mol.